The van der Waals surface area contributed by atoms with Crippen molar-refractivity contribution in [1.29, 1.82) is 0 Å². The van der Waals surface area contributed by atoms with E-state index in [-0.39, 0.29) is 6.10 Å². The number of aromatic nitrogens is 1. The molecule has 2 rings (SSSR count). The molecule has 2 aromatic rings. The van der Waals surface area contributed by atoms with Crippen molar-refractivity contribution in [2.75, 3.05) is 0 Å². The molecule has 0 aliphatic rings. The van der Waals surface area contributed by atoms with E-state index in [9.17, 15) is 5.11 Å². The number of rotatable bonds is 4. The number of aliphatic hydroxyl groups is 1. The van der Waals surface area contributed by atoms with Crippen LogP contribution in [0.3, 0.4) is 0 Å². The Balaban J connectivity index is 2.21. The van der Waals surface area contributed by atoms with E-state index in [4.69, 9.17) is 0 Å². The normalized spacial score (nSPS) is 13.2. The highest BCUT2D eigenvalue weighted by molar-refractivity contribution is 5.80. The molecule has 16 heavy (non-hydrogen) atoms. The van der Waals surface area contributed by atoms with Crippen LogP contribution < -0.4 is 0 Å². The first-order valence-corrected chi connectivity index (χ1v) is 5.92. The number of aryl methyl sites for hydroxylation is 1. The van der Waals surface area contributed by atoms with Crippen LogP contribution in [0.1, 0.15) is 25.3 Å². The minimum absolute atomic E-state index is 0.206. The largest absolute Gasteiger partial charge is 0.393 e. The third kappa shape index (κ3) is 2.27. The van der Waals surface area contributed by atoms with Crippen LogP contribution in [0.25, 0.3) is 10.9 Å². The van der Waals surface area contributed by atoms with Crippen LogP contribution in [0, 0.1) is 0 Å². The van der Waals surface area contributed by atoms with E-state index in [0.29, 0.717) is 0 Å². The Morgan fingerprint density at radius 3 is 2.88 bits per heavy atom. The van der Waals surface area contributed by atoms with Gasteiger partial charge in [-0.15, -0.1) is 0 Å². The molecule has 0 unspecified atom stereocenters. The number of fused-ring (bicyclic) bond motifs is 1. The summed E-state index contributed by atoms with van der Waals surface area (Å²) in [5.74, 6) is 0. The summed E-state index contributed by atoms with van der Waals surface area (Å²) in [6.07, 6.45) is 4.53. The maximum atomic E-state index is 9.79. The van der Waals surface area contributed by atoms with Gasteiger partial charge in [-0.3, -0.25) is 0 Å². The second kappa shape index (κ2) is 4.71. The molecule has 1 atom stereocenters. The highest BCUT2D eigenvalue weighted by atomic mass is 16.3. The molecule has 0 bridgehead atoms. The van der Waals surface area contributed by atoms with Crippen LogP contribution in [0.15, 0.2) is 30.5 Å². The zero-order valence-corrected chi connectivity index (χ0v) is 9.98. The molecule has 0 fully saturated rings. The Morgan fingerprint density at radius 2 is 2.12 bits per heavy atom. The SMILES string of the molecule is CCC[C@H](O)Cc1ccc2ccn(C)c2c1. The molecule has 2 nitrogen and oxygen atoms in total. The van der Waals surface area contributed by atoms with E-state index in [1.807, 2.05) is 0 Å². The summed E-state index contributed by atoms with van der Waals surface area (Å²) in [7, 11) is 2.05. The first-order chi connectivity index (χ1) is 7.70. The average molecular weight is 217 g/mol. The van der Waals surface area contributed by atoms with E-state index in [0.717, 1.165) is 19.3 Å². The van der Waals surface area contributed by atoms with E-state index in [1.54, 1.807) is 0 Å². The fourth-order valence-electron chi connectivity index (χ4n) is 2.14. The summed E-state index contributed by atoms with van der Waals surface area (Å²) in [5, 5.41) is 11.0. The van der Waals surface area contributed by atoms with Crippen LogP contribution >= 0.6 is 0 Å². The molecular formula is C14H19NO. The Labute approximate surface area is 96.5 Å². The fourth-order valence-corrected chi connectivity index (χ4v) is 2.14. The third-order valence-electron chi connectivity index (χ3n) is 3.05. The molecule has 0 spiro atoms. The van der Waals surface area contributed by atoms with Crippen LogP contribution in [0.5, 0.6) is 0 Å². The molecular weight excluding hydrogens is 198 g/mol. The molecule has 1 aromatic heterocycles. The van der Waals surface area contributed by atoms with E-state index in [2.05, 4.69) is 49.0 Å². The summed E-state index contributed by atoms with van der Waals surface area (Å²) >= 11 is 0. The highest BCUT2D eigenvalue weighted by Crippen LogP contribution is 2.18. The van der Waals surface area contributed by atoms with Gasteiger partial charge < -0.3 is 9.67 Å². The van der Waals surface area contributed by atoms with Crippen molar-refractivity contribution in [3.8, 4) is 0 Å². The van der Waals surface area contributed by atoms with Gasteiger partial charge in [0.1, 0.15) is 0 Å². The maximum absolute atomic E-state index is 9.79. The summed E-state index contributed by atoms with van der Waals surface area (Å²) in [4.78, 5) is 0. The number of aliphatic hydroxyl groups excluding tert-OH is 1. The Kier molecular flexibility index (Phi) is 3.30. The van der Waals surface area contributed by atoms with E-state index < -0.39 is 0 Å². The summed E-state index contributed by atoms with van der Waals surface area (Å²) in [6, 6.07) is 8.53. The van der Waals surface area contributed by atoms with Crippen molar-refractivity contribution in [3.63, 3.8) is 0 Å². The number of hydrogen-bond donors (Lipinski definition) is 1. The number of benzene rings is 1. The van der Waals surface area contributed by atoms with Gasteiger partial charge in [-0.05, 0) is 35.9 Å². The van der Waals surface area contributed by atoms with Gasteiger partial charge in [0.15, 0.2) is 0 Å². The first-order valence-electron chi connectivity index (χ1n) is 5.92. The minimum atomic E-state index is -0.206. The minimum Gasteiger partial charge on any atom is -0.393 e. The summed E-state index contributed by atoms with van der Waals surface area (Å²) in [6.45, 7) is 2.10. The Bertz CT molecular complexity index is 473. The maximum Gasteiger partial charge on any atom is 0.0580 e. The van der Waals surface area contributed by atoms with Gasteiger partial charge >= 0.3 is 0 Å². The average Bonchev–Trinajstić information content (AvgIpc) is 2.61. The van der Waals surface area contributed by atoms with Crippen LogP contribution in [0.2, 0.25) is 0 Å². The second-order valence-corrected chi connectivity index (χ2v) is 4.47. The molecule has 86 valence electrons. The smallest absolute Gasteiger partial charge is 0.0580 e. The lowest BCUT2D eigenvalue weighted by molar-refractivity contribution is 0.164. The first kappa shape index (κ1) is 11.2. The molecule has 0 saturated heterocycles. The van der Waals surface area contributed by atoms with Gasteiger partial charge in [0.05, 0.1) is 6.10 Å². The number of hydrogen-bond acceptors (Lipinski definition) is 1. The van der Waals surface area contributed by atoms with Crippen molar-refractivity contribution >= 4 is 10.9 Å². The molecule has 1 heterocycles. The molecule has 0 amide bonds. The van der Waals surface area contributed by atoms with E-state index >= 15 is 0 Å². The van der Waals surface area contributed by atoms with Crippen molar-refractivity contribution in [2.24, 2.45) is 7.05 Å². The molecule has 0 aliphatic heterocycles. The van der Waals surface area contributed by atoms with Crippen LogP contribution in [-0.2, 0) is 13.5 Å². The lowest BCUT2D eigenvalue weighted by Crippen LogP contribution is -2.09. The molecule has 1 aromatic carbocycles. The quantitative estimate of drug-likeness (QED) is 0.837. The molecule has 1 N–H and O–H groups in total. The van der Waals surface area contributed by atoms with Crippen molar-refractivity contribution in [2.45, 2.75) is 32.3 Å². The third-order valence-corrected chi connectivity index (χ3v) is 3.05. The van der Waals surface area contributed by atoms with Gasteiger partial charge in [0, 0.05) is 18.8 Å². The van der Waals surface area contributed by atoms with Gasteiger partial charge in [-0.2, -0.15) is 0 Å². The molecule has 0 radical (unpaired) electrons. The lowest BCUT2D eigenvalue weighted by Gasteiger charge is -2.09. The Hall–Kier alpha value is -1.28. The number of nitrogens with zero attached hydrogens (tertiary/aromatic N) is 1. The van der Waals surface area contributed by atoms with Crippen LogP contribution in [0.4, 0.5) is 0 Å². The van der Waals surface area contributed by atoms with Gasteiger partial charge in [-0.25, -0.2) is 0 Å². The predicted octanol–water partition coefficient (Wildman–Crippen LogP) is 2.88. The zero-order valence-electron chi connectivity index (χ0n) is 9.98. The van der Waals surface area contributed by atoms with Gasteiger partial charge in [0.2, 0.25) is 0 Å². The van der Waals surface area contributed by atoms with Crippen molar-refractivity contribution in [1.82, 2.24) is 4.57 Å². The van der Waals surface area contributed by atoms with E-state index in [1.165, 1.54) is 16.5 Å². The predicted molar refractivity (Wildman–Crippen MR) is 67.5 cm³/mol. The highest BCUT2D eigenvalue weighted by Gasteiger charge is 2.06. The summed E-state index contributed by atoms with van der Waals surface area (Å²) < 4.78 is 2.12. The Morgan fingerprint density at radius 1 is 1.31 bits per heavy atom. The van der Waals surface area contributed by atoms with Crippen LogP contribution in [-0.4, -0.2) is 15.8 Å². The van der Waals surface area contributed by atoms with Gasteiger partial charge in [0.25, 0.3) is 0 Å². The monoisotopic (exact) mass is 217 g/mol. The standard InChI is InChI=1S/C14H19NO/c1-3-4-13(16)9-11-5-6-12-7-8-15(2)14(12)10-11/h5-8,10,13,16H,3-4,9H2,1-2H3/t13-/m0/s1. The topological polar surface area (TPSA) is 25.2 Å². The van der Waals surface area contributed by atoms with Gasteiger partial charge in [-0.1, -0.05) is 25.5 Å². The van der Waals surface area contributed by atoms with Crippen molar-refractivity contribution < 1.29 is 5.11 Å². The summed E-state index contributed by atoms with van der Waals surface area (Å²) in [5.41, 5.74) is 2.46. The molecule has 2 heteroatoms. The molecule has 0 saturated carbocycles. The zero-order chi connectivity index (χ0) is 11.5. The fraction of sp³-hybridized carbons (Fsp3) is 0.429. The van der Waals surface area contributed by atoms with Crippen molar-refractivity contribution in [3.05, 3.63) is 36.0 Å². The second-order valence-electron chi connectivity index (χ2n) is 4.47. The lowest BCUT2D eigenvalue weighted by atomic mass is 10.0. The molecule has 0 aliphatic carbocycles.